The Morgan fingerprint density at radius 2 is 1.75 bits per heavy atom. The van der Waals surface area contributed by atoms with Crippen LogP contribution in [-0.4, -0.2) is 16.4 Å². The van der Waals surface area contributed by atoms with Crippen molar-refractivity contribution >= 4 is 78.7 Å². The lowest BCUT2D eigenvalue weighted by Crippen LogP contribution is -1.86. The molecule has 0 aromatic heterocycles. The Morgan fingerprint density at radius 1 is 1.00 bits per heavy atom. The lowest BCUT2D eigenvalue weighted by molar-refractivity contribution is 0.470. The number of aromatic hydroxyl groups is 2. The second-order valence-corrected chi connectivity index (χ2v) is 9.37. The first-order valence-electron chi connectivity index (χ1n) is 7.96. The zero-order chi connectivity index (χ0) is 20.3. The molecule has 3 rings (SSSR count). The summed E-state index contributed by atoms with van der Waals surface area (Å²) in [4.78, 5) is 5.45. The van der Waals surface area contributed by atoms with E-state index in [-0.39, 0.29) is 16.5 Å². The Hall–Kier alpha value is -1.18. The topological polar surface area (TPSA) is 52.8 Å². The molecule has 0 unspecified atom stereocenters. The van der Waals surface area contributed by atoms with Crippen LogP contribution in [0.4, 0.5) is 5.69 Å². The summed E-state index contributed by atoms with van der Waals surface area (Å²) < 4.78 is 1.41. The lowest BCUT2D eigenvalue weighted by atomic mass is 10.2. The molecule has 0 atom stereocenters. The van der Waals surface area contributed by atoms with Crippen LogP contribution in [0.2, 0.25) is 10.0 Å². The smallest absolute Gasteiger partial charge is 0.138 e. The van der Waals surface area contributed by atoms with Crippen LogP contribution in [0.15, 0.2) is 67.4 Å². The summed E-state index contributed by atoms with van der Waals surface area (Å²) in [6.45, 7) is 0. The summed E-state index contributed by atoms with van der Waals surface area (Å²) in [5, 5.41) is 21.0. The average molecular weight is 562 g/mol. The van der Waals surface area contributed by atoms with Crippen molar-refractivity contribution in [3.05, 3.63) is 78.6 Å². The maximum Gasteiger partial charge on any atom is 0.138 e. The third-order valence-corrected chi connectivity index (χ3v) is 6.44. The molecule has 0 saturated carbocycles. The molecule has 0 radical (unpaired) electrons. The van der Waals surface area contributed by atoms with Crippen molar-refractivity contribution in [2.75, 3.05) is 0 Å². The molecular weight excluding hydrogens is 549 g/mol. The van der Waals surface area contributed by atoms with Gasteiger partial charge in [-0.2, -0.15) is 0 Å². The summed E-state index contributed by atoms with van der Waals surface area (Å²) in [6, 6.07) is 14.4. The monoisotopic (exact) mass is 559 g/mol. The van der Waals surface area contributed by atoms with Crippen LogP contribution >= 0.6 is 66.8 Å². The average Bonchev–Trinajstić information content (AvgIpc) is 2.65. The van der Waals surface area contributed by atoms with Gasteiger partial charge in [0.2, 0.25) is 0 Å². The molecule has 0 aliphatic rings. The van der Waals surface area contributed by atoms with Crippen LogP contribution in [0.1, 0.15) is 11.1 Å². The maximum absolute atomic E-state index is 10.2. The minimum absolute atomic E-state index is 0.0310. The Morgan fingerprint density at radius 3 is 2.54 bits per heavy atom. The lowest BCUT2D eigenvalue weighted by Gasteiger charge is -2.09. The molecule has 0 amide bonds. The van der Waals surface area contributed by atoms with Crippen LogP contribution in [0, 0.1) is 0 Å². The molecule has 0 bridgehead atoms. The fourth-order valence-electron chi connectivity index (χ4n) is 2.39. The van der Waals surface area contributed by atoms with Gasteiger partial charge in [-0.3, -0.25) is 4.99 Å². The molecule has 0 heterocycles. The third-order valence-electron chi connectivity index (χ3n) is 3.76. The van der Waals surface area contributed by atoms with Gasteiger partial charge < -0.3 is 10.2 Å². The number of benzene rings is 3. The quantitative estimate of drug-likeness (QED) is 0.245. The Labute approximate surface area is 193 Å². The van der Waals surface area contributed by atoms with Gasteiger partial charge in [0, 0.05) is 37.5 Å². The number of hydrogen-bond acceptors (Lipinski definition) is 4. The Balaban J connectivity index is 1.85. The number of rotatable bonds is 5. The number of nitrogens with zero attached hydrogens (tertiary/aromatic N) is 1. The van der Waals surface area contributed by atoms with Crippen molar-refractivity contribution in [1.29, 1.82) is 0 Å². The van der Waals surface area contributed by atoms with Gasteiger partial charge in [0.1, 0.15) is 11.5 Å². The van der Waals surface area contributed by atoms with Gasteiger partial charge in [0.15, 0.2) is 0 Å². The summed E-state index contributed by atoms with van der Waals surface area (Å²) in [5.74, 6) is 0.630. The highest BCUT2D eigenvalue weighted by atomic mass is 79.9. The molecule has 0 fully saturated rings. The highest BCUT2D eigenvalue weighted by Gasteiger charge is 2.10. The summed E-state index contributed by atoms with van der Waals surface area (Å²) in [6.07, 6.45) is 1.61. The van der Waals surface area contributed by atoms with Crippen molar-refractivity contribution in [3.63, 3.8) is 0 Å². The number of halogens is 4. The van der Waals surface area contributed by atoms with Crippen LogP contribution in [0.5, 0.6) is 11.5 Å². The molecule has 3 aromatic carbocycles. The summed E-state index contributed by atoms with van der Waals surface area (Å²) in [5.41, 5.74) is 1.98. The number of thioether (sulfide) groups is 1. The first kappa shape index (κ1) is 21.5. The molecule has 0 aliphatic heterocycles. The molecule has 2 N–H and O–H groups in total. The number of phenols is 2. The molecule has 8 heteroatoms. The number of phenolic OH excluding ortho intramolecular Hbond substituents is 2. The van der Waals surface area contributed by atoms with Crippen molar-refractivity contribution in [3.8, 4) is 11.5 Å². The standard InChI is InChI=1S/C20H13Br2Cl2NO2S/c21-13-5-11(19(26)15(22)7-13)9-25-17-3-1-2-4-18(17)28-10-12-6-14(23)8-16(24)20(12)27/h1-9,26-27H,10H2. The summed E-state index contributed by atoms with van der Waals surface area (Å²) >= 11 is 20.3. The van der Waals surface area contributed by atoms with E-state index in [4.69, 9.17) is 23.2 Å². The second-order valence-electron chi connectivity index (χ2n) is 5.74. The molecule has 28 heavy (non-hydrogen) atoms. The van der Waals surface area contributed by atoms with Crippen molar-refractivity contribution in [2.24, 2.45) is 4.99 Å². The van der Waals surface area contributed by atoms with E-state index in [2.05, 4.69) is 36.9 Å². The van der Waals surface area contributed by atoms with Crippen LogP contribution in [0.3, 0.4) is 0 Å². The molecule has 3 aromatic rings. The molecule has 3 nitrogen and oxygen atoms in total. The summed E-state index contributed by atoms with van der Waals surface area (Å²) in [7, 11) is 0. The van der Waals surface area contributed by atoms with E-state index in [9.17, 15) is 10.2 Å². The van der Waals surface area contributed by atoms with Gasteiger partial charge in [-0.1, -0.05) is 51.3 Å². The van der Waals surface area contributed by atoms with Gasteiger partial charge in [0.05, 0.1) is 15.2 Å². The minimum Gasteiger partial charge on any atom is -0.506 e. The fourth-order valence-corrected chi connectivity index (χ4v) is 5.16. The Kier molecular flexibility index (Phi) is 7.34. The van der Waals surface area contributed by atoms with Crippen molar-refractivity contribution < 1.29 is 10.2 Å². The van der Waals surface area contributed by atoms with E-state index in [1.54, 1.807) is 24.4 Å². The zero-order valence-corrected chi connectivity index (χ0v) is 19.7. The van der Waals surface area contributed by atoms with E-state index >= 15 is 0 Å². The Bertz CT molecular complexity index is 1060. The predicted octanol–water partition coefficient (Wildman–Crippen LogP) is 7.97. The molecule has 0 spiro atoms. The van der Waals surface area contributed by atoms with E-state index in [0.717, 1.165) is 15.1 Å². The van der Waals surface area contributed by atoms with Gasteiger partial charge in [0.25, 0.3) is 0 Å². The van der Waals surface area contributed by atoms with E-state index in [0.29, 0.717) is 26.4 Å². The normalized spacial score (nSPS) is 11.3. The largest absolute Gasteiger partial charge is 0.506 e. The first-order chi connectivity index (χ1) is 13.3. The van der Waals surface area contributed by atoms with Crippen LogP contribution in [0.25, 0.3) is 0 Å². The van der Waals surface area contributed by atoms with Crippen molar-refractivity contribution in [2.45, 2.75) is 10.6 Å². The second kappa shape index (κ2) is 9.55. The molecular formula is C20H13Br2Cl2NO2S. The van der Waals surface area contributed by atoms with Gasteiger partial charge in [-0.15, -0.1) is 11.8 Å². The van der Waals surface area contributed by atoms with Gasteiger partial charge >= 0.3 is 0 Å². The highest BCUT2D eigenvalue weighted by Crippen LogP contribution is 2.38. The van der Waals surface area contributed by atoms with Crippen LogP contribution in [-0.2, 0) is 5.75 Å². The maximum atomic E-state index is 10.2. The number of aliphatic imine (C=N–C) groups is 1. The van der Waals surface area contributed by atoms with Crippen LogP contribution < -0.4 is 0 Å². The van der Waals surface area contributed by atoms with E-state index in [1.807, 2.05) is 24.3 Å². The third kappa shape index (κ3) is 5.24. The predicted molar refractivity (Wildman–Crippen MR) is 125 cm³/mol. The van der Waals surface area contributed by atoms with Gasteiger partial charge in [-0.05, 0) is 52.3 Å². The minimum atomic E-state index is 0.0310. The van der Waals surface area contributed by atoms with E-state index < -0.39 is 0 Å². The zero-order valence-electron chi connectivity index (χ0n) is 14.2. The van der Waals surface area contributed by atoms with Gasteiger partial charge in [-0.25, -0.2) is 0 Å². The molecule has 0 aliphatic carbocycles. The van der Waals surface area contributed by atoms with E-state index in [1.165, 1.54) is 17.8 Å². The highest BCUT2D eigenvalue weighted by molar-refractivity contribution is 9.11. The molecule has 144 valence electrons. The number of hydrogen-bond donors (Lipinski definition) is 2. The first-order valence-corrected chi connectivity index (χ1v) is 11.3. The SMILES string of the molecule is Oc1c(Br)cc(Br)cc1C=Nc1ccccc1SCc1cc(Cl)cc(Cl)c1O. The number of para-hydroxylation sites is 1. The fraction of sp³-hybridized carbons (Fsp3) is 0.0500. The van der Waals surface area contributed by atoms with Crippen molar-refractivity contribution in [1.82, 2.24) is 0 Å². The molecule has 0 saturated heterocycles.